The zero-order valence-electron chi connectivity index (χ0n) is 11.8. The lowest BCUT2D eigenvalue weighted by atomic mass is 10.0. The van der Waals surface area contributed by atoms with Crippen molar-refractivity contribution in [3.63, 3.8) is 0 Å². The Morgan fingerprint density at radius 1 is 1.15 bits per heavy atom. The third-order valence-corrected chi connectivity index (χ3v) is 3.23. The predicted molar refractivity (Wildman–Crippen MR) is 77.4 cm³/mol. The van der Waals surface area contributed by atoms with Crippen molar-refractivity contribution in [1.29, 1.82) is 0 Å². The van der Waals surface area contributed by atoms with Gasteiger partial charge in [0.15, 0.2) is 0 Å². The second-order valence-corrected chi connectivity index (χ2v) is 4.98. The van der Waals surface area contributed by atoms with Crippen LogP contribution in [0.4, 0.5) is 4.39 Å². The minimum absolute atomic E-state index is 0.291. The highest BCUT2D eigenvalue weighted by Crippen LogP contribution is 2.20. The van der Waals surface area contributed by atoms with Gasteiger partial charge in [0.1, 0.15) is 11.6 Å². The first-order valence-corrected chi connectivity index (χ1v) is 6.70. The van der Waals surface area contributed by atoms with Crippen LogP contribution in [-0.4, -0.2) is 11.7 Å². The van der Waals surface area contributed by atoms with Crippen LogP contribution in [0.3, 0.4) is 0 Å². The summed E-state index contributed by atoms with van der Waals surface area (Å²) in [4.78, 5) is 0. The van der Waals surface area contributed by atoms with Gasteiger partial charge in [0, 0.05) is 6.42 Å². The molecule has 2 rings (SSSR count). The van der Waals surface area contributed by atoms with Crippen molar-refractivity contribution in [1.82, 2.24) is 0 Å². The SMILES string of the molecule is Cc1cccc(OCCC(O)c2ccc(C)c(F)c2)c1. The van der Waals surface area contributed by atoms with Crippen LogP contribution < -0.4 is 4.74 Å². The molecule has 0 spiro atoms. The molecule has 2 aromatic rings. The molecule has 0 fully saturated rings. The van der Waals surface area contributed by atoms with E-state index >= 15 is 0 Å². The fourth-order valence-electron chi connectivity index (χ4n) is 1.98. The van der Waals surface area contributed by atoms with Gasteiger partial charge in [-0.05, 0) is 48.7 Å². The Labute approximate surface area is 118 Å². The van der Waals surface area contributed by atoms with E-state index in [2.05, 4.69) is 0 Å². The van der Waals surface area contributed by atoms with E-state index in [0.29, 0.717) is 24.2 Å². The Bertz CT molecular complexity index is 581. The molecule has 0 saturated heterocycles. The van der Waals surface area contributed by atoms with Crippen LogP contribution in [0.1, 0.15) is 29.2 Å². The molecule has 20 heavy (non-hydrogen) atoms. The largest absolute Gasteiger partial charge is 0.493 e. The van der Waals surface area contributed by atoms with Crippen LogP contribution in [0.15, 0.2) is 42.5 Å². The number of aliphatic hydroxyl groups is 1. The number of halogens is 1. The number of hydrogen-bond acceptors (Lipinski definition) is 2. The molecule has 0 bridgehead atoms. The molecule has 1 unspecified atom stereocenters. The fourth-order valence-corrected chi connectivity index (χ4v) is 1.98. The molecule has 1 atom stereocenters. The Hall–Kier alpha value is -1.87. The van der Waals surface area contributed by atoms with Gasteiger partial charge in [0.05, 0.1) is 12.7 Å². The molecule has 0 aliphatic carbocycles. The zero-order valence-corrected chi connectivity index (χ0v) is 11.8. The number of aryl methyl sites for hydroxylation is 2. The molecule has 106 valence electrons. The van der Waals surface area contributed by atoms with E-state index in [9.17, 15) is 9.50 Å². The molecule has 0 amide bonds. The Balaban J connectivity index is 1.88. The highest BCUT2D eigenvalue weighted by atomic mass is 19.1. The lowest BCUT2D eigenvalue weighted by molar-refractivity contribution is 0.140. The molecule has 1 N–H and O–H groups in total. The van der Waals surface area contributed by atoms with E-state index in [1.165, 1.54) is 6.07 Å². The molecule has 0 saturated carbocycles. The number of aliphatic hydroxyl groups excluding tert-OH is 1. The molecule has 0 aromatic heterocycles. The van der Waals surface area contributed by atoms with E-state index in [1.54, 1.807) is 19.1 Å². The Morgan fingerprint density at radius 3 is 2.65 bits per heavy atom. The topological polar surface area (TPSA) is 29.5 Å². The van der Waals surface area contributed by atoms with Gasteiger partial charge in [-0.25, -0.2) is 4.39 Å². The molecule has 0 aliphatic rings. The van der Waals surface area contributed by atoms with Gasteiger partial charge in [-0.3, -0.25) is 0 Å². The van der Waals surface area contributed by atoms with E-state index in [-0.39, 0.29) is 5.82 Å². The summed E-state index contributed by atoms with van der Waals surface area (Å²) in [6.07, 6.45) is -0.286. The van der Waals surface area contributed by atoms with Crippen molar-refractivity contribution in [3.8, 4) is 5.75 Å². The summed E-state index contributed by atoms with van der Waals surface area (Å²) in [6.45, 7) is 4.09. The van der Waals surface area contributed by atoms with Crippen molar-refractivity contribution in [2.24, 2.45) is 0 Å². The standard InChI is InChI=1S/C17H19FO2/c1-12-4-3-5-15(10-12)20-9-8-17(19)14-7-6-13(2)16(18)11-14/h3-7,10-11,17,19H,8-9H2,1-2H3. The normalized spacial score (nSPS) is 12.2. The van der Waals surface area contributed by atoms with Crippen molar-refractivity contribution < 1.29 is 14.2 Å². The van der Waals surface area contributed by atoms with Gasteiger partial charge in [-0.2, -0.15) is 0 Å². The lowest BCUT2D eigenvalue weighted by Crippen LogP contribution is -2.06. The second-order valence-electron chi connectivity index (χ2n) is 4.98. The van der Waals surface area contributed by atoms with Gasteiger partial charge < -0.3 is 9.84 Å². The summed E-state index contributed by atoms with van der Waals surface area (Å²) in [5.74, 6) is 0.494. The fraction of sp³-hybridized carbons (Fsp3) is 0.294. The summed E-state index contributed by atoms with van der Waals surface area (Å²) < 4.78 is 19.0. The third kappa shape index (κ3) is 3.81. The highest BCUT2D eigenvalue weighted by molar-refractivity contribution is 5.27. The number of rotatable bonds is 5. The predicted octanol–water partition coefficient (Wildman–Crippen LogP) is 3.95. The van der Waals surface area contributed by atoms with Crippen LogP contribution in [0, 0.1) is 19.7 Å². The summed E-state index contributed by atoms with van der Waals surface area (Å²) in [5.41, 5.74) is 2.29. The molecule has 0 heterocycles. The Kier molecular flexibility index (Phi) is 4.74. The van der Waals surface area contributed by atoms with Crippen LogP contribution in [-0.2, 0) is 0 Å². The number of benzene rings is 2. The first kappa shape index (κ1) is 14.5. The summed E-state index contributed by atoms with van der Waals surface area (Å²) in [5, 5.41) is 10.0. The van der Waals surface area contributed by atoms with Crippen molar-refractivity contribution in [2.75, 3.05) is 6.61 Å². The molecule has 2 aromatic carbocycles. The van der Waals surface area contributed by atoms with E-state index < -0.39 is 6.10 Å². The maximum Gasteiger partial charge on any atom is 0.126 e. The van der Waals surface area contributed by atoms with Gasteiger partial charge in [-0.15, -0.1) is 0 Å². The number of ether oxygens (including phenoxy) is 1. The zero-order chi connectivity index (χ0) is 14.5. The average Bonchev–Trinajstić information content (AvgIpc) is 2.42. The van der Waals surface area contributed by atoms with Gasteiger partial charge >= 0.3 is 0 Å². The molecule has 2 nitrogen and oxygen atoms in total. The lowest BCUT2D eigenvalue weighted by Gasteiger charge is -2.13. The molecule has 3 heteroatoms. The smallest absolute Gasteiger partial charge is 0.126 e. The van der Waals surface area contributed by atoms with E-state index in [4.69, 9.17) is 4.74 Å². The van der Waals surface area contributed by atoms with Crippen molar-refractivity contribution in [2.45, 2.75) is 26.4 Å². The van der Waals surface area contributed by atoms with Gasteiger partial charge in [0.25, 0.3) is 0 Å². The maximum absolute atomic E-state index is 13.4. The second kappa shape index (κ2) is 6.53. The third-order valence-electron chi connectivity index (χ3n) is 3.23. The number of hydrogen-bond donors (Lipinski definition) is 1. The molecule has 0 radical (unpaired) electrons. The molecular weight excluding hydrogens is 255 g/mol. The quantitative estimate of drug-likeness (QED) is 0.894. The summed E-state index contributed by atoms with van der Waals surface area (Å²) >= 11 is 0. The minimum atomic E-state index is -0.713. The van der Waals surface area contributed by atoms with Crippen molar-refractivity contribution in [3.05, 3.63) is 65.0 Å². The Morgan fingerprint density at radius 2 is 1.95 bits per heavy atom. The van der Waals surface area contributed by atoms with Gasteiger partial charge in [0.2, 0.25) is 0 Å². The minimum Gasteiger partial charge on any atom is -0.493 e. The summed E-state index contributed by atoms with van der Waals surface area (Å²) in [6, 6.07) is 12.5. The average molecular weight is 274 g/mol. The van der Waals surface area contributed by atoms with Gasteiger partial charge in [-0.1, -0.05) is 24.3 Å². The van der Waals surface area contributed by atoms with Crippen molar-refractivity contribution >= 4 is 0 Å². The highest BCUT2D eigenvalue weighted by Gasteiger charge is 2.09. The first-order chi connectivity index (χ1) is 9.56. The molecule has 0 aliphatic heterocycles. The van der Waals surface area contributed by atoms with E-state index in [1.807, 2.05) is 31.2 Å². The molecular formula is C17H19FO2. The first-order valence-electron chi connectivity index (χ1n) is 6.70. The maximum atomic E-state index is 13.4. The summed E-state index contributed by atoms with van der Waals surface area (Å²) in [7, 11) is 0. The monoisotopic (exact) mass is 274 g/mol. The van der Waals surface area contributed by atoms with Crippen LogP contribution in [0.2, 0.25) is 0 Å². The van der Waals surface area contributed by atoms with Crippen LogP contribution in [0.5, 0.6) is 5.75 Å². The van der Waals surface area contributed by atoms with Crippen LogP contribution >= 0.6 is 0 Å². The van der Waals surface area contributed by atoms with E-state index in [0.717, 1.165) is 11.3 Å². The van der Waals surface area contributed by atoms with Crippen LogP contribution in [0.25, 0.3) is 0 Å².